The van der Waals surface area contributed by atoms with E-state index < -0.39 is 10.0 Å². The molecule has 0 fully saturated rings. The maximum atomic E-state index is 11.7. The van der Waals surface area contributed by atoms with Gasteiger partial charge in [-0.1, -0.05) is 23.9 Å². The van der Waals surface area contributed by atoms with Crippen LogP contribution in [0, 0.1) is 0 Å². The molecule has 9 nitrogen and oxygen atoms in total. The summed E-state index contributed by atoms with van der Waals surface area (Å²) >= 11 is 1.15. The molecule has 2 rings (SSSR count). The minimum Gasteiger partial charge on any atom is -0.368 e. The minimum absolute atomic E-state index is 0.0281. The number of benzene rings is 1. The average molecular weight is 342 g/mol. The highest BCUT2D eigenvalue weighted by molar-refractivity contribution is 7.99. The number of nitrogens with two attached hydrogens (primary N) is 2. The highest BCUT2D eigenvalue weighted by Crippen LogP contribution is 2.12. The van der Waals surface area contributed by atoms with E-state index in [1.165, 1.54) is 12.1 Å². The molecule has 0 atom stereocenters. The third kappa shape index (κ3) is 4.72. The summed E-state index contributed by atoms with van der Waals surface area (Å²) in [6.45, 7) is 0.278. The van der Waals surface area contributed by atoms with Crippen molar-refractivity contribution >= 4 is 33.6 Å². The van der Waals surface area contributed by atoms with Gasteiger partial charge in [0.05, 0.1) is 10.6 Å². The van der Waals surface area contributed by atoms with Gasteiger partial charge in [-0.3, -0.25) is 4.79 Å². The van der Waals surface area contributed by atoms with Crippen LogP contribution in [0.3, 0.4) is 0 Å². The lowest BCUT2D eigenvalue weighted by Crippen LogP contribution is -2.24. The third-order valence-electron chi connectivity index (χ3n) is 2.56. The van der Waals surface area contributed by atoms with E-state index in [2.05, 4.69) is 20.5 Å². The van der Waals surface area contributed by atoms with E-state index in [4.69, 9.17) is 10.9 Å². The molecule has 2 aromatic rings. The number of rotatable bonds is 6. The van der Waals surface area contributed by atoms with Gasteiger partial charge in [0.25, 0.3) is 0 Å². The van der Waals surface area contributed by atoms with Crippen molar-refractivity contribution in [3.63, 3.8) is 0 Å². The number of hydrogen-bond acceptors (Lipinski definition) is 7. The number of carbonyl (C=O) groups is 1. The lowest BCUT2D eigenvalue weighted by molar-refractivity contribution is -0.118. The summed E-state index contributed by atoms with van der Waals surface area (Å²) in [5, 5.41) is 14.4. The number of amides is 1. The molecule has 22 heavy (non-hydrogen) atoms. The van der Waals surface area contributed by atoms with Gasteiger partial charge >= 0.3 is 0 Å². The molecule has 118 valence electrons. The topological polar surface area (TPSA) is 157 Å². The van der Waals surface area contributed by atoms with Crippen LogP contribution in [-0.2, 0) is 21.4 Å². The Labute approximate surface area is 130 Å². The number of anilines is 1. The summed E-state index contributed by atoms with van der Waals surface area (Å²) in [7, 11) is -3.71. The SMILES string of the molecule is Nc1nc(SCC(=O)NCc2ccc(S(N)(=O)=O)cc2)n[nH]1. The number of nitrogen functional groups attached to an aromatic ring is 1. The Morgan fingerprint density at radius 3 is 2.55 bits per heavy atom. The fourth-order valence-corrected chi connectivity index (χ4v) is 2.65. The predicted octanol–water partition coefficient (Wildman–Crippen LogP) is -0.557. The highest BCUT2D eigenvalue weighted by atomic mass is 32.2. The van der Waals surface area contributed by atoms with Crippen LogP contribution in [0.2, 0.25) is 0 Å². The maximum absolute atomic E-state index is 11.7. The smallest absolute Gasteiger partial charge is 0.238 e. The van der Waals surface area contributed by atoms with Crippen molar-refractivity contribution in [1.29, 1.82) is 0 Å². The van der Waals surface area contributed by atoms with Gasteiger partial charge in [0.15, 0.2) is 0 Å². The van der Waals surface area contributed by atoms with E-state index >= 15 is 0 Å². The standard InChI is InChI=1S/C11H14N6O3S2/c12-10-15-11(17-16-10)21-6-9(18)14-5-7-1-3-8(4-2-7)22(13,19)20/h1-4H,5-6H2,(H,14,18)(H2,13,19,20)(H3,12,15,16,17). The number of primary sulfonamides is 1. The maximum Gasteiger partial charge on any atom is 0.238 e. The first kappa shape index (κ1) is 16.3. The van der Waals surface area contributed by atoms with Gasteiger partial charge in [-0.25, -0.2) is 18.7 Å². The monoisotopic (exact) mass is 342 g/mol. The molecule has 0 aliphatic heterocycles. The lowest BCUT2D eigenvalue weighted by atomic mass is 10.2. The van der Waals surface area contributed by atoms with Crippen molar-refractivity contribution < 1.29 is 13.2 Å². The second-order valence-electron chi connectivity index (χ2n) is 4.26. The molecule has 0 saturated carbocycles. The Morgan fingerprint density at radius 1 is 1.32 bits per heavy atom. The molecule has 0 saturated heterocycles. The first-order valence-corrected chi connectivity index (χ1v) is 8.57. The summed E-state index contributed by atoms with van der Waals surface area (Å²) in [4.78, 5) is 15.6. The van der Waals surface area contributed by atoms with Crippen LogP contribution in [0.25, 0.3) is 0 Å². The van der Waals surface area contributed by atoms with Crippen LogP contribution in [0.5, 0.6) is 0 Å². The zero-order chi connectivity index (χ0) is 16.2. The predicted molar refractivity (Wildman–Crippen MR) is 81.2 cm³/mol. The van der Waals surface area contributed by atoms with Crippen LogP contribution in [-0.4, -0.2) is 35.3 Å². The molecule has 0 bridgehead atoms. The Kier molecular flexibility index (Phi) is 5.00. The number of sulfonamides is 1. The first-order chi connectivity index (χ1) is 10.3. The summed E-state index contributed by atoms with van der Waals surface area (Å²) in [5.41, 5.74) is 6.12. The third-order valence-corrected chi connectivity index (χ3v) is 4.33. The van der Waals surface area contributed by atoms with Crippen molar-refractivity contribution in [2.45, 2.75) is 16.6 Å². The highest BCUT2D eigenvalue weighted by Gasteiger charge is 2.08. The van der Waals surface area contributed by atoms with Gasteiger partial charge in [0.2, 0.25) is 27.0 Å². The Hall–Kier alpha value is -2.11. The van der Waals surface area contributed by atoms with Crippen LogP contribution >= 0.6 is 11.8 Å². The molecule has 0 aliphatic rings. The summed E-state index contributed by atoms with van der Waals surface area (Å²) < 4.78 is 22.2. The molecule has 1 aromatic heterocycles. The number of aromatic amines is 1. The van der Waals surface area contributed by atoms with E-state index in [0.717, 1.165) is 17.3 Å². The Morgan fingerprint density at radius 2 is 2.00 bits per heavy atom. The second kappa shape index (κ2) is 6.77. The van der Waals surface area contributed by atoms with E-state index in [9.17, 15) is 13.2 Å². The van der Waals surface area contributed by atoms with Crippen molar-refractivity contribution in [2.75, 3.05) is 11.5 Å². The number of nitrogens with one attached hydrogen (secondary N) is 2. The van der Waals surface area contributed by atoms with Crippen molar-refractivity contribution in [1.82, 2.24) is 20.5 Å². The molecule has 6 N–H and O–H groups in total. The summed E-state index contributed by atoms with van der Waals surface area (Å²) in [6.07, 6.45) is 0. The first-order valence-electron chi connectivity index (χ1n) is 6.04. The van der Waals surface area contributed by atoms with Crippen molar-refractivity contribution in [3.05, 3.63) is 29.8 Å². The van der Waals surface area contributed by atoms with E-state index in [1.54, 1.807) is 12.1 Å². The fraction of sp³-hybridized carbons (Fsp3) is 0.182. The summed E-state index contributed by atoms with van der Waals surface area (Å²) in [6, 6.07) is 5.95. The molecule has 0 unspecified atom stereocenters. The summed E-state index contributed by atoms with van der Waals surface area (Å²) in [5.74, 6) is 0.133. The van der Waals surface area contributed by atoms with E-state index in [0.29, 0.717) is 5.16 Å². The minimum atomic E-state index is -3.71. The van der Waals surface area contributed by atoms with Gasteiger partial charge in [-0.15, -0.1) is 5.10 Å². The number of thioether (sulfide) groups is 1. The fourth-order valence-electron chi connectivity index (χ4n) is 1.50. The van der Waals surface area contributed by atoms with Crippen LogP contribution in [0.1, 0.15) is 5.56 Å². The molecule has 11 heteroatoms. The van der Waals surface area contributed by atoms with Gasteiger partial charge in [0, 0.05) is 6.54 Å². The number of hydrogen-bond donors (Lipinski definition) is 4. The van der Waals surface area contributed by atoms with Gasteiger partial charge in [0.1, 0.15) is 0 Å². The van der Waals surface area contributed by atoms with Crippen LogP contribution in [0.4, 0.5) is 5.95 Å². The Balaban J connectivity index is 1.81. The largest absolute Gasteiger partial charge is 0.368 e. The van der Waals surface area contributed by atoms with E-state index in [1.807, 2.05) is 0 Å². The van der Waals surface area contributed by atoms with Crippen LogP contribution in [0.15, 0.2) is 34.3 Å². The van der Waals surface area contributed by atoms with Gasteiger partial charge < -0.3 is 11.1 Å². The number of aromatic nitrogens is 3. The molecule has 0 radical (unpaired) electrons. The lowest BCUT2D eigenvalue weighted by Gasteiger charge is -2.05. The van der Waals surface area contributed by atoms with Crippen LogP contribution < -0.4 is 16.2 Å². The average Bonchev–Trinajstić information content (AvgIpc) is 2.88. The molecular formula is C11H14N6O3S2. The molecule has 0 aliphatic carbocycles. The molecule has 1 heterocycles. The zero-order valence-corrected chi connectivity index (χ0v) is 12.9. The Bertz CT molecular complexity index is 756. The molecular weight excluding hydrogens is 328 g/mol. The van der Waals surface area contributed by atoms with Crippen molar-refractivity contribution in [3.8, 4) is 0 Å². The number of carbonyl (C=O) groups excluding carboxylic acids is 1. The normalized spacial score (nSPS) is 11.3. The molecule has 1 amide bonds. The molecule has 0 spiro atoms. The quantitative estimate of drug-likeness (QED) is 0.512. The van der Waals surface area contributed by atoms with E-state index in [-0.39, 0.29) is 29.0 Å². The van der Waals surface area contributed by atoms with Gasteiger partial charge in [-0.05, 0) is 17.7 Å². The van der Waals surface area contributed by atoms with Gasteiger partial charge in [-0.2, -0.15) is 4.98 Å². The second-order valence-corrected chi connectivity index (χ2v) is 6.76. The number of nitrogens with zero attached hydrogens (tertiary/aromatic N) is 2. The number of H-pyrrole nitrogens is 1. The molecule has 1 aromatic carbocycles. The zero-order valence-electron chi connectivity index (χ0n) is 11.3. The van der Waals surface area contributed by atoms with Crippen molar-refractivity contribution in [2.24, 2.45) is 5.14 Å².